The maximum atomic E-state index is 9.76. The second kappa shape index (κ2) is 11.9. The Hall–Kier alpha value is -3.22. The van der Waals surface area contributed by atoms with E-state index in [2.05, 4.69) is 69.5 Å². The molecule has 2 aliphatic heterocycles. The van der Waals surface area contributed by atoms with Gasteiger partial charge in [0.2, 0.25) is 0 Å². The molecule has 4 N–H and O–H groups in total. The van der Waals surface area contributed by atoms with E-state index in [1.165, 1.54) is 0 Å². The number of nitrogens with one attached hydrogen (secondary N) is 4. The number of pyridine rings is 1. The molecule has 0 radical (unpaired) electrons. The molecule has 8 nitrogen and oxygen atoms in total. The fraction of sp³-hybridized carbons (Fsp3) is 0.419. The van der Waals surface area contributed by atoms with Gasteiger partial charge >= 0.3 is 0 Å². The van der Waals surface area contributed by atoms with Crippen LogP contribution in [0.1, 0.15) is 64.6 Å². The Kier molecular flexibility index (Phi) is 8.53. The molecule has 0 aliphatic carbocycles. The van der Waals surface area contributed by atoms with E-state index in [1.807, 2.05) is 50.2 Å². The summed E-state index contributed by atoms with van der Waals surface area (Å²) in [4.78, 5) is 7.04. The van der Waals surface area contributed by atoms with Crippen molar-refractivity contribution in [3.8, 4) is 6.07 Å². The fourth-order valence-corrected chi connectivity index (χ4v) is 5.93. The highest BCUT2D eigenvalue weighted by atomic mass is 35.5. The lowest BCUT2D eigenvalue weighted by molar-refractivity contribution is 0.0570. The number of hydrogen-bond donors (Lipinski definition) is 4. The van der Waals surface area contributed by atoms with Gasteiger partial charge in [0, 0.05) is 59.2 Å². The van der Waals surface area contributed by atoms with Crippen LogP contribution >= 0.6 is 23.2 Å². The van der Waals surface area contributed by atoms with Crippen molar-refractivity contribution < 1.29 is 0 Å². The third-order valence-electron chi connectivity index (χ3n) is 7.72. The second-order valence-corrected chi connectivity index (χ2v) is 12.9. The van der Waals surface area contributed by atoms with Crippen molar-refractivity contribution >= 4 is 45.5 Å². The van der Waals surface area contributed by atoms with Gasteiger partial charge in [-0.15, -0.1) is 5.53 Å². The second-order valence-electron chi connectivity index (χ2n) is 12.1. The number of hydrazine groups is 2. The first-order chi connectivity index (χ1) is 19.5. The third kappa shape index (κ3) is 6.49. The monoisotopic (exact) mass is 592 g/mol. The first-order valence-corrected chi connectivity index (χ1v) is 14.9. The van der Waals surface area contributed by atoms with Crippen LogP contribution in [0.5, 0.6) is 0 Å². The van der Waals surface area contributed by atoms with Crippen LogP contribution in [-0.4, -0.2) is 45.6 Å². The number of hydrogen-bond acceptors (Lipinski definition) is 8. The van der Waals surface area contributed by atoms with E-state index in [0.29, 0.717) is 27.2 Å². The number of aromatic nitrogens is 1. The van der Waals surface area contributed by atoms with Gasteiger partial charge in [0.25, 0.3) is 0 Å². The van der Waals surface area contributed by atoms with Crippen molar-refractivity contribution in [2.75, 3.05) is 23.7 Å². The highest BCUT2D eigenvalue weighted by Crippen LogP contribution is 2.36. The van der Waals surface area contributed by atoms with Gasteiger partial charge in [0.15, 0.2) is 0 Å². The molecule has 2 aromatic carbocycles. The molecule has 3 aromatic rings. The number of nitrogens with zero attached hydrogens (tertiary/aromatic N) is 4. The first-order valence-electron chi connectivity index (χ1n) is 14.1. The van der Waals surface area contributed by atoms with Crippen LogP contribution in [0.25, 0.3) is 10.9 Å². The molecular weight excluding hydrogens is 555 g/mol. The minimum absolute atomic E-state index is 0.130. The van der Waals surface area contributed by atoms with Gasteiger partial charge < -0.3 is 16.1 Å². The van der Waals surface area contributed by atoms with Crippen LogP contribution in [0, 0.1) is 11.3 Å². The molecule has 0 amide bonds. The SMILES string of the molecule is CC(C)Nc1c(C#N)cnc2c(Cl)cc(N[C@H](C3=CN(C4CCN(C(C)(C)C)CC4)NN3)c3ccc(Cl)cc3)cc12. The molecule has 5 rings (SSSR count). The van der Waals surface area contributed by atoms with Gasteiger partial charge in [-0.1, -0.05) is 35.3 Å². The summed E-state index contributed by atoms with van der Waals surface area (Å²) in [6, 6.07) is 14.3. The molecule has 41 heavy (non-hydrogen) atoms. The Labute approximate surface area is 252 Å². The fourth-order valence-electron chi connectivity index (χ4n) is 5.54. The zero-order valence-corrected chi connectivity index (χ0v) is 25.7. The van der Waals surface area contributed by atoms with Crippen molar-refractivity contribution in [3.05, 3.63) is 75.7 Å². The summed E-state index contributed by atoms with van der Waals surface area (Å²) in [6.45, 7) is 13.0. The standard InChI is InChI=1S/C31H38Cl2N8/c1-19(2)36-28-21(16-34)17-35-30-25(28)14-23(15-26(30)33)37-29(20-6-8-22(32)9-7-20)27-18-41(39-38-27)24-10-12-40(13-11-24)31(3,4)5/h6-9,14-15,17-19,24,29,37-39H,10-13H2,1-5H3,(H,35,36)/t29-/m0/s1. The van der Waals surface area contributed by atoms with E-state index < -0.39 is 0 Å². The molecule has 3 heterocycles. The number of likely N-dealkylation sites (tertiary alicyclic amines) is 1. The van der Waals surface area contributed by atoms with Crippen LogP contribution in [-0.2, 0) is 0 Å². The van der Waals surface area contributed by atoms with Crippen molar-refractivity contribution in [3.63, 3.8) is 0 Å². The lowest BCUT2D eigenvalue weighted by atomic mass is 9.98. The lowest BCUT2D eigenvalue weighted by Crippen LogP contribution is -2.52. The van der Waals surface area contributed by atoms with Crippen LogP contribution < -0.4 is 21.6 Å². The number of halogens is 2. The molecule has 0 unspecified atom stereocenters. The largest absolute Gasteiger partial charge is 0.381 e. The summed E-state index contributed by atoms with van der Waals surface area (Å²) in [6.07, 6.45) is 5.89. The normalized spacial score (nSPS) is 17.3. The number of rotatable bonds is 7. The molecule has 1 aromatic heterocycles. The van der Waals surface area contributed by atoms with Gasteiger partial charge in [-0.2, -0.15) is 5.26 Å². The average Bonchev–Trinajstić information content (AvgIpc) is 3.42. The van der Waals surface area contributed by atoms with E-state index in [4.69, 9.17) is 23.2 Å². The smallest absolute Gasteiger partial charge is 0.103 e. The van der Waals surface area contributed by atoms with Gasteiger partial charge in [-0.05, 0) is 77.3 Å². The van der Waals surface area contributed by atoms with Crippen LogP contribution in [0.15, 0.2) is 54.5 Å². The minimum Gasteiger partial charge on any atom is -0.381 e. The maximum Gasteiger partial charge on any atom is 0.103 e. The zero-order valence-electron chi connectivity index (χ0n) is 24.2. The number of fused-ring (bicyclic) bond motifs is 1. The van der Waals surface area contributed by atoms with Crippen molar-refractivity contribution in [1.29, 1.82) is 5.26 Å². The first kappa shape index (κ1) is 29.3. The summed E-state index contributed by atoms with van der Waals surface area (Å²) in [5, 5.41) is 21.0. The lowest BCUT2D eigenvalue weighted by Gasteiger charge is -2.42. The molecule has 0 spiro atoms. The van der Waals surface area contributed by atoms with Crippen LogP contribution in [0.3, 0.4) is 0 Å². The molecule has 1 atom stereocenters. The van der Waals surface area contributed by atoms with Gasteiger partial charge in [0.1, 0.15) is 6.07 Å². The Morgan fingerprint density at radius 1 is 1.07 bits per heavy atom. The minimum atomic E-state index is -0.221. The molecule has 2 aliphatic rings. The van der Waals surface area contributed by atoms with Crippen molar-refractivity contribution in [1.82, 2.24) is 25.9 Å². The Bertz CT molecular complexity index is 1460. The molecule has 0 bridgehead atoms. The number of anilines is 2. The summed E-state index contributed by atoms with van der Waals surface area (Å²) in [5.41, 5.74) is 11.7. The average molecular weight is 594 g/mol. The summed E-state index contributed by atoms with van der Waals surface area (Å²) < 4.78 is 0. The predicted octanol–water partition coefficient (Wildman–Crippen LogP) is 6.82. The predicted molar refractivity (Wildman–Crippen MR) is 169 cm³/mol. The highest BCUT2D eigenvalue weighted by Gasteiger charge is 2.32. The van der Waals surface area contributed by atoms with E-state index in [1.54, 1.807) is 6.20 Å². The molecule has 1 saturated heterocycles. The van der Waals surface area contributed by atoms with E-state index in [0.717, 1.165) is 54.0 Å². The zero-order chi connectivity index (χ0) is 29.3. The molecule has 10 heteroatoms. The number of benzene rings is 2. The van der Waals surface area contributed by atoms with Crippen molar-refractivity contribution in [2.24, 2.45) is 0 Å². The van der Waals surface area contributed by atoms with Crippen LogP contribution in [0.4, 0.5) is 11.4 Å². The third-order valence-corrected chi connectivity index (χ3v) is 8.26. The molecule has 0 saturated carbocycles. The van der Waals surface area contributed by atoms with Crippen molar-refractivity contribution in [2.45, 2.75) is 71.1 Å². The molecular formula is C31H38Cl2N8. The van der Waals surface area contributed by atoms with E-state index in [9.17, 15) is 5.26 Å². The quantitative estimate of drug-likeness (QED) is 0.238. The summed E-state index contributed by atoms with van der Waals surface area (Å²) in [7, 11) is 0. The summed E-state index contributed by atoms with van der Waals surface area (Å²) in [5.74, 6) is 0. The Morgan fingerprint density at radius 2 is 1.78 bits per heavy atom. The van der Waals surface area contributed by atoms with Gasteiger partial charge in [-0.25, -0.2) is 0 Å². The number of piperidine rings is 1. The maximum absolute atomic E-state index is 9.76. The van der Waals surface area contributed by atoms with E-state index in [-0.39, 0.29) is 17.6 Å². The number of nitriles is 1. The van der Waals surface area contributed by atoms with Crippen LogP contribution in [0.2, 0.25) is 10.0 Å². The van der Waals surface area contributed by atoms with Gasteiger partial charge in [-0.3, -0.25) is 14.9 Å². The topological polar surface area (TPSA) is 91.3 Å². The summed E-state index contributed by atoms with van der Waals surface area (Å²) >= 11 is 13.0. The molecule has 216 valence electrons. The van der Waals surface area contributed by atoms with Gasteiger partial charge in [0.05, 0.1) is 33.5 Å². The Balaban J connectivity index is 1.47. The molecule has 1 fully saturated rings. The Morgan fingerprint density at radius 3 is 2.41 bits per heavy atom. The van der Waals surface area contributed by atoms with E-state index >= 15 is 0 Å². The highest BCUT2D eigenvalue weighted by molar-refractivity contribution is 6.36.